The lowest BCUT2D eigenvalue weighted by Crippen LogP contribution is -2.50. The molecule has 0 radical (unpaired) electrons. The van der Waals surface area contributed by atoms with Gasteiger partial charge in [0, 0.05) is 19.2 Å². The average molecular weight is 217 g/mol. The Labute approximate surface area is 89.6 Å². The molecule has 1 heterocycles. The van der Waals surface area contributed by atoms with E-state index in [2.05, 4.69) is 0 Å². The molecule has 0 aliphatic carbocycles. The highest BCUT2D eigenvalue weighted by molar-refractivity contribution is 5.76. The van der Waals surface area contributed by atoms with Crippen molar-refractivity contribution in [3.05, 3.63) is 0 Å². The zero-order valence-electron chi connectivity index (χ0n) is 9.43. The minimum absolute atomic E-state index is 0.0968. The Morgan fingerprint density at radius 3 is 2.67 bits per heavy atom. The zero-order valence-corrected chi connectivity index (χ0v) is 9.43. The highest BCUT2D eigenvalue weighted by Crippen LogP contribution is 2.20. The normalized spacial score (nSPS) is 30.5. The summed E-state index contributed by atoms with van der Waals surface area (Å²) in [5.74, 6) is -1.19. The maximum Gasteiger partial charge on any atom is 0.336 e. The lowest BCUT2D eigenvalue weighted by Gasteiger charge is -2.31. The minimum atomic E-state index is -1.70. The molecule has 1 fully saturated rings. The Kier molecular flexibility index (Phi) is 3.70. The van der Waals surface area contributed by atoms with E-state index in [9.17, 15) is 9.90 Å². The molecule has 0 aromatic heterocycles. The Bertz CT molecular complexity index is 242. The first-order chi connectivity index (χ1) is 6.84. The fourth-order valence-corrected chi connectivity index (χ4v) is 1.97. The molecular formula is C10H19NO4. The molecule has 0 spiro atoms. The van der Waals surface area contributed by atoms with Gasteiger partial charge in [0.15, 0.2) is 5.60 Å². The molecule has 88 valence electrons. The van der Waals surface area contributed by atoms with E-state index in [1.165, 1.54) is 6.92 Å². The maximum atomic E-state index is 10.7. The minimum Gasteiger partial charge on any atom is -0.479 e. The van der Waals surface area contributed by atoms with E-state index in [0.717, 1.165) is 6.42 Å². The van der Waals surface area contributed by atoms with Crippen LogP contribution in [0.2, 0.25) is 0 Å². The summed E-state index contributed by atoms with van der Waals surface area (Å²) in [5, 5.41) is 18.4. The number of carboxylic acid groups (broad SMARTS) is 1. The van der Waals surface area contributed by atoms with Gasteiger partial charge in [0.2, 0.25) is 0 Å². The van der Waals surface area contributed by atoms with Crippen LogP contribution >= 0.6 is 0 Å². The van der Waals surface area contributed by atoms with Crippen LogP contribution in [0.3, 0.4) is 0 Å². The molecule has 1 rings (SSSR count). The van der Waals surface area contributed by atoms with Crippen LogP contribution in [0.15, 0.2) is 0 Å². The second-order valence-electron chi connectivity index (χ2n) is 4.43. The molecule has 3 atom stereocenters. The molecular weight excluding hydrogens is 198 g/mol. The lowest BCUT2D eigenvalue weighted by atomic mass is 10.0. The Morgan fingerprint density at radius 1 is 1.67 bits per heavy atom. The monoisotopic (exact) mass is 217 g/mol. The summed E-state index contributed by atoms with van der Waals surface area (Å²) < 4.78 is 5.39. The number of hydrogen-bond acceptors (Lipinski definition) is 4. The smallest absolute Gasteiger partial charge is 0.336 e. The molecule has 1 saturated heterocycles. The van der Waals surface area contributed by atoms with Gasteiger partial charge >= 0.3 is 5.97 Å². The van der Waals surface area contributed by atoms with Crippen LogP contribution in [0, 0.1) is 0 Å². The standard InChI is InChI=1S/C10H19NO4/c1-7-8(4-5-15-7)11(3)6-10(2,14)9(12)13/h7-8,14H,4-6H2,1-3H3,(H,12,13). The first-order valence-electron chi connectivity index (χ1n) is 5.12. The van der Waals surface area contributed by atoms with Crippen molar-refractivity contribution >= 4 is 5.97 Å². The van der Waals surface area contributed by atoms with Gasteiger partial charge in [-0.15, -0.1) is 0 Å². The van der Waals surface area contributed by atoms with Gasteiger partial charge in [-0.25, -0.2) is 4.79 Å². The van der Waals surface area contributed by atoms with Gasteiger partial charge < -0.3 is 14.9 Å². The van der Waals surface area contributed by atoms with Crippen molar-refractivity contribution in [2.24, 2.45) is 0 Å². The third kappa shape index (κ3) is 2.90. The van der Waals surface area contributed by atoms with Crippen molar-refractivity contribution < 1.29 is 19.7 Å². The summed E-state index contributed by atoms with van der Waals surface area (Å²) in [7, 11) is 1.81. The third-order valence-corrected chi connectivity index (χ3v) is 2.92. The van der Waals surface area contributed by atoms with Crippen LogP contribution in [0.4, 0.5) is 0 Å². The van der Waals surface area contributed by atoms with Crippen molar-refractivity contribution in [1.29, 1.82) is 0 Å². The number of carboxylic acids is 1. The van der Waals surface area contributed by atoms with E-state index in [1.807, 2.05) is 18.9 Å². The van der Waals surface area contributed by atoms with E-state index in [-0.39, 0.29) is 18.7 Å². The topological polar surface area (TPSA) is 70.0 Å². The number of aliphatic carboxylic acids is 1. The summed E-state index contributed by atoms with van der Waals surface area (Å²) in [4.78, 5) is 12.6. The van der Waals surface area contributed by atoms with Crippen LogP contribution in [0.1, 0.15) is 20.3 Å². The van der Waals surface area contributed by atoms with Crippen molar-refractivity contribution in [3.8, 4) is 0 Å². The molecule has 15 heavy (non-hydrogen) atoms. The average Bonchev–Trinajstić information content (AvgIpc) is 2.50. The van der Waals surface area contributed by atoms with Gasteiger partial charge in [0.1, 0.15) is 0 Å². The van der Waals surface area contributed by atoms with Crippen LogP contribution in [0.25, 0.3) is 0 Å². The van der Waals surface area contributed by atoms with Crippen molar-refractivity contribution in [1.82, 2.24) is 4.90 Å². The van der Waals surface area contributed by atoms with Gasteiger partial charge in [-0.1, -0.05) is 0 Å². The van der Waals surface area contributed by atoms with Crippen molar-refractivity contribution in [3.63, 3.8) is 0 Å². The predicted octanol–water partition coefficient (Wildman–Crippen LogP) is -0.0688. The largest absolute Gasteiger partial charge is 0.479 e. The lowest BCUT2D eigenvalue weighted by molar-refractivity contribution is -0.158. The third-order valence-electron chi connectivity index (χ3n) is 2.92. The molecule has 1 aliphatic rings. The quantitative estimate of drug-likeness (QED) is 0.690. The van der Waals surface area contributed by atoms with E-state index < -0.39 is 11.6 Å². The second-order valence-corrected chi connectivity index (χ2v) is 4.43. The number of carbonyl (C=O) groups is 1. The molecule has 0 saturated carbocycles. The van der Waals surface area contributed by atoms with Crippen LogP contribution in [0.5, 0.6) is 0 Å². The summed E-state index contributed by atoms with van der Waals surface area (Å²) in [6.45, 7) is 4.09. The molecule has 0 aromatic rings. The summed E-state index contributed by atoms with van der Waals surface area (Å²) >= 11 is 0. The molecule has 2 N–H and O–H groups in total. The molecule has 0 aromatic carbocycles. The molecule has 5 nitrogen and oxygen atoms in total. The highest BCUT2D eigenvalue weighted by atomic mass is 16.5. The maximum absolute atomic E-state index is 10.7. The van der Waals surface area contributed by atoms with Gasteiger partial charge in [-0.3, -0.25) is 4.90 Å². The fourth-order valence-electron chi connectivity index (χ4n) is 1.97. The van der Waals surface area contributed by atoms with Gasteiger partial charge in [0.05, 0.1) is 6.10 Å². The van der Waals surface area contributed by atoms with E-state index in [0.29, 0.717) is 6.61 Å². The van der Waals surface area contributed by atoms with Crippen LogP contribution in [-0.4, -0.2) is 59.0 Å². The van der Waals surface area contributed by atoms with Crippen LogP contribution < -0.4 is 0 Å². The zero-order chi connectivity index (χ0) is 11.6. The number of rotatable bonds is 4. The van der Waals surface area contributed by atoms with Crippen LogP contribution in [-0.2, 0) is 9.53 Å². The highest BCUT2D eigenvalue weighted by Gasteiger charge is 2.36. The fraction of sp³-hybridized carbons (Fsp3) is 0.900. The summed E-state index contributed by atoms with van der Waals surface area (Å²) in [5.41, 5.74) is -1.70. The van der Waals surface area contributed by atoms with Gasteiger partial charge in [-0.05, 0) is 27.3 Å². The molecule has 5 heteroatoms. The Morgan fingerprint density at radius 2 is 2.27 bits per heavy atom. The van der Waals surface area contributed by atoms with Gasteiger partial charge in [-0.2, -0.15) is 0 Å². The first kappa shape index (κ1) is 12.4. The number of aliphatic hydroxyl groups is 1. The number of nitrogens with zero attached hydrogens (tertiary/aromatic N) is 1. The summed E-state index contributed by atoms with van der Waals surface area (Å²) in [6, 6.07) is 0.191. The van der Waals surface area contributed by atoms with Gasteiger partial charge in [0.25, 0.3) is 0 Å². The molecule has 0 bridgehead atoms. The van der Waals surface area contributed by atoms with E-state index in [1.54, 1.807) is 0 Å². The predicted molar refractivity (Wildman–Crippen MR) is 54.7 cm³/mol. The van der Waals surface area contributed by atoms with Crippen molar-refractivity contribution in [2.45, 2.75) is 38.0 Å². The molecule has 3 unspecified atom stereocenters. The Balaban J connectivity index is 2.54. The summed E-state index contributed by atoms with van der Waals surface area (Å²) in [6.07, 6.45) is 0.979. The second kappa shape index (κ2) is 4.47. The first-order valence-corrected chi connectivity index (χ1v) is 5.12. The van der Waals surface area contributed by atoms with E-state index >= 15 is 0 Å². The number of likely N-dealkylation sites (N-methyl/N-ethyl adjacent to an activating group) is 1. The van der Waals surface area contributed by atoms with E-state index in [4.69, 9.17) is 9.84 Å². The number of hydrogen-bond donors (Lipinski definition) is 2. The number of ether oxygens (including phenoxy) is 1. The van der Waals surface area contributed by atoms with Crippen molar-refractivity contribution in [2.75, 3.05) is 20.2 Å². The Hall–Kier alpha value is -0.650. The SMILES string of the molecule is CC1OCCC1N(C)CC(C)(O)C(=O)O. The molecule has 1 aliphatic heterocycles. The molecule has 0 amide bonds.